The molecule has 2 amide bonds. The Morgan fingerprint density at radius 1 is 1.30 bits per heavy atom. The molecule has 2 bridgehead atoms. The zero-order chi connectivity index (χ0) is 20.0. The summed E-state index contributed by atoms with van der Waals surface area (Å²) in [6, 6.07) is 0.671. The molecule has 5 nitrogen and oxygen atoms in total. The zero-order valence-electron chi connectivity index (χ0n) is 15.7. The average molecular weight is 383 g/mol. The standard InChI is InChI=1S/C19H24F3N3O2/c1-10(5-23)24-15(27)14-13-11(16(13,2)3)6-25(14)12(26)4-17-7-18(8-17,9-17)19(20,21)22/h10-11,13-14H,4,6-9H2,1-3H3,(H,24,27)/t10-,11-,13?,14-,17?,18?/m0/s1. The molecular weight excluding hydrogens is 359 g/mol. The van der Waals surface area contributed by atoms with Crippen molar-refractivity contribution in [3.63, 3.8) is 0 Å². The van der Waals surface area contributed by atoms with E-state index in [1.807, 2.05) is 6.07 Å². The molecule has 1 N–H and O–H groups in total. The first kappa shape index (κ1) is 18.6. The van der Waals surface area contributed by atoms with Crippen molar-refractivity contribution in [3.05, 3.63) is 0 Å². The largest absolute Gasteiger partial charge is 0.394 e. The highest BCUT2D eigenvalue weighted by molar-refractivity contribution is 5.90. The summed E-state index contributed by atoms with van der Waals surface area (Å²) in [5, 5.41) is 11.6. The zero-order valence-corrected chi connectivity index (χ0v) is 15.7. The molecular formula is C19H24F3N3O2. The lowest BCUT2D eigenvalue weighted by Gasteiger charge is -2.70. The Kier molecular flexibility index (Phi) is 3.56. The Morgan fingerprint density at radius 3 is 2.41 bits per heavy atom. The van der Waals surface area contributed by atoms with Crippen LogP contribution in [0.3, 0.4) is 0 Å². The van der Waals surface area contributed by atoms with Crippen LogP contribution in [-0.2, 0) is 9.59 Å². The number of nitrogens with one attached hydrogen (secondary N) is 1. The van der Waals surface area contributed by atoms with Gasteiger partial charge in [0, 0.05) is 13.0 Å². The van der Waals surface area contributed by atoms with Crippen molar-refractivity contribution in [2.24, 2.45) is 28.1 Å². The van der Waals surface area contributed by atoms with Crippen LogP contribution in [0, 0.1) is 39.4 Å². The molecule has 1 saturated heterocycles. The third-order valence-electron chi connectivity index (χ3n) is 7.62. The number of likely N-dealkylation sites (tertiary alicyclic amines) is 1. The van der Waals surface area contributed by atoms with Crippen LogP contribution < -0.4 is 5.32 Å². The second kappa shape index (κ2) is 5.18. The molecule has 5 rings (SSSR count). The second-order valence-electron chi connectivity index (χ2n) is 9.79. The van der Waals surface area contributed by atoms with Crippen molar-refractivity contribution in [1.29, 1.82) is 5.26 Å². The first-order chi connectivity index (χ1) is 12.4. The van der Waals surface area contributed by atoms with E-state index in [0.29, 0.717) is 6.54 Å². The lowest BCUT2D eigenvalue weighted by atomic mass is 9.34. The molecule has 0 radical (unpaired) electrons. The highest BCUT2D eigenvalue weighted by Gasteiger charge is 2.78. The predicted molar refractivity (Wildman–Crippen MR) is 88.9 cm³/mol. The summed E-state index contributed by atoms with van der Waals surface area (Å²) in [5.41, 5.74) is -2.14. The number of nitriles is 1. The molecule has 1 unspecified atom stereocenters. The number of rotatable bonds is 4. The van der Waals surface area contributed by atoms with Crippen LogP contribution in [0.5, 0.6) is 0 Å². The molecule has 4 atom stereocenters. The molecule has 4 saturated carbocycles. The van der Waals surface area contributed by atoms with E-state index < -0.39 is 29.1 Å². The lowest BCUT2D eigenvalue weighted by molar-refractivity contribution is -0.362. The van der Waals surface area contributed by atoms with E-state index in [1.54, 1.807) is 11.8 Å². The Labute approximate surface area is 156 Å². The maximum absolute atomic E-state index is 13.0. The van der Waals surface area contributed by atoms with Crippen molar-refractivity contribution >= 4 is 11.8 Å². The van der Waals surface area contributed by atoms with Crippen molar-refractivity contribution in [2.75, 3.05) is 6.54 Å². The minimum Gasteiger partial charge on any atom is -0.339 e. The quantitative estimate of drug-likeness (QED) is 0.811. The van der Waals surface area contributed by atoms with Crippen LogP contribution in [-0.4, -0.2) is 41.5 Å². The number of hydrogen-bond acceptors (Lipinski definition) is 3. The summed E-state index contributed by atoms with van der Waals surface area (Å²) in [6.07, 6.45) is -4.01. The van der Waals surface area contributed by atoms with Gasteiger partial charge in [-0.15, -0.1) is 0 Å². The Balaban J connectivity index is 1.43. The van der Waals surface area contributed by atoms with Crippen molar-refractivity contribution < 1.29 is 22.8 Å². The van der Waals surface area contributed by atoms with Gasteiger partial charge in [-0.25, -0.2) is 0 Å². The first-order valence-corrected chi connectivity index (χ1v) is 9.42. The van der Waals surface area contributed by atoms with E-state index >= 15 is 0 Å². The van der Waals surface area contributed by atoms with Crippen LogP contribution in [0.2, 0.25) is 0 Å². The summed E-state index contributed by atoms with van der Waals surface area (Å²) in [6.45, 7) is 6.17. The predicted octanol–water partition coefficient (Wildman–Crippen LogP) is 2.62. The van der Waals surface area contributed by atoms with Gasteiger partial charge >= 0.3 is 6.18 Å². The topological polar surface area (TPSA) is 73.2 Å². The fourth-order valence-corrected chi connectivity index (χ4v) is 6.08. The molecule has 8 heteroatoms. The Bertz CT molecular complexity index is 735. The Morgan fingerprint density at radius 2 is 1.89 bits per heavy atom. The summed E-state index contributed by atoms with van der Waals surface area (Å²) in [4.78, 5) is 27.1. The van der Waals surface area contributed by atoms with E-state index in [9.17, 15) is 22.8 Å². The SMILES string of the molecule is C[C@@H](C#N)NC(=O)[C@@H]1C2[C@H](CN1C(=O)CC13CC(C(F)(F)F)(C1)C3)C2(C)C. The molecule has 0 spiro atoms. The number of amides is 2. The highest BCUT2D eigenvalue weighted by Crippen LogP contribution is 2.79. The smallest absolute Gasteiger partial charge is 0.339 e. The molecule has 0 aromatic rings. The second-order valence-corrected chi connectivity index (χ2v) is 9.79. The van der Waals surface area contributed by atoms with Gasteiger partial charge in [-0.05, 0) is 48.9 Å². The molecule has 1 heterocycles. The van der Waals surface area contributed by atoms with E-state index in [0.717, 1.165) is 0 Å². The Hall–Kier alpha value is -1.78. The number of piperidine rings is 1. The highest BCUT2D eigenvalue weighted by atomic mass is 19.4. The molecule has 0 aromatic heterocycles. The number of hydrogen-bond donors (Lipinski definition) is 1. The number of fused-ring (bicyclic) bond motifs is 1. The van der Waals surface area contributed by atoms with E-state index in [1.165, 1.54) is 0 Å². The van der Waals surface area contributed by atoms with Gasteiger partial charge in [-0.1, -0.05) is 13.8 Å². The summed E-state index contributed by atoms with van der Waals surface area (Å²) < 4.78 is 39.1. The van der Waals surface area contributed by atoms with E-state index in [4.69, 9.17) is 5.26 Å². The third kappa shape index (κ3) is 2.43. The summed E-state index contributed by atoms with van der Waals surface area (Å²) in [5.74, 6) is -0.288. The monoisotopic (exact) mass is 383 g/mol. The molecule has 1 aliphatic heterocycles. The number of carbonyl (C=O) groups is 2. The normalized spacial score (nSPS) is 41.5. The van der Waals surface area contributed by atoms with Gasteiger partial charge in [0.15, 0.2) is 0 Å². The van der Waals surface area contributed by atoms with Gasteiger partial charge in [-0.2, -0.15) is 18.4 Å². The van der Waals surface area contributed by atoms with Gasteiger partial charge in [-0.3, -0.25) is 9.59 Å². The average Bonchev–Trinajstić information content (AvgIpc) is 2.84. The molecule has 148 valence electrons. The van der Waals surface area contributed by atoms with Gasteiger partial charge < -0.3 is 10.2 Å². The van der Waals surface area contributed by atoms with Crippen molar-refractivity contribution in [3.8, 4) is 6.07 Å². The van der Waals surface area contributed by atoms with Crippen LogP contribution >= 0.6 is 0 Å². The van der Waals surface area contributed by atoms with Crippen molar-refractivity contribution in [2.45, 2.75) is 64.7 Å². The van der Waals surface area contributed by atoms with Gasteiger partial charge in [0.1, 0.15) is 12.1 Å². The van der Waals surface area contributed by atoms with Gasteiger partial charge in [0.05, 0.1) is 11.5 Å². The number of nitrogens with zero attached hydrogens (tertiary/aromatic N) is 2. The van der Waals surface area contributed by atoms with Crippen molar-refractivity contribution in [1.82, 2.24) is 10.2 Å². The van der Waals surface area contributed by atoms with E-state index in [-0.39, 0.29) is 54.7 Å². The summed E-state index contributed by atoms with van der Waals surface area (Å²) >= 11 is 0. The fraction of sp³-hybridized carbons (Fsp3) is 0.842. The first-order valence-electron chi connectivity index (χ1n) is 9.42. The lowest BCUT2D eigenvalue weighted by Crippen LogP contribution is -2.69. The minimum absolute atomic E-state index is 0.0315. The molecule has 5 aliphatic rings. The maximum Gasteiger partial charge on any atom is 0.394 e. The molecule has 0 aromatic carbocycles. The molecule has 4 aliphatic carbocycles. The number of carbonyl (C=O) groups excluding carboxylic acids is 2. The van der Waals surface area contributed by atoms with Crippen LogP contribution in [0.15, 0.2) is 0 Å². The van der Waals surface area contributed by atoms with Crippen LogP contribution in [0.4, 0.5) is 13.2 Å². The van der Waals surface area contributed by atoms with Crippen LogP contribution in [0.25, 0.3) is 0 Å². The number of alkyl halides is 3. The number of halogens is 3. The minimum atomic E-state index is -4.19. The van der Waals surface area contributed by atoms with Crippen LogP contribution in [0.1, 0.15) is 46.5 Å². The maximum atomic E-state index is 13.0. The van der Waals surface area contributed by atoms with Gasteiger partial charge in [0.25, 0.3) is 0 Å². The van der Waals surface area contributed by atoms with Gasteiger partial charge in [0.2, 0.25) is 11.8 Å². The molecule has 27 heavy (non-hydrogen) atoms. The fourth-order valence-electron chi connectivity index (χ4n) is 6.08. The van der Waals surface area contributed by atoms with E-state index in [2.05, 4.69) is 19.2 Å². The summed E-state index contributed by atoms with van der Waals surface area (Å²) in [7, 11) is 0. The molecule has 5 fully saturated rings. The third-order valence-corrected chi connectivity index (χ3v) is 7.62.